The Balaban J connectivity index is 1.85. The highest BCUT2D eigenvalue weighted by Gasteiger charge is 2.12. The molecule has 0 aliphatic heterocycles. The van der Waals surface area contributed by atoms with Gasteiger partial charge in [0.05, 0.1) is 0 Å². The summed E-state index contributed by atoms with van der Waals surface area (Å²) in [5, 5.41) is 2.68. The van der Waals surface area contributed by atoms with Gasteiger partial charge in [0.25, 0.3) is 5.91 Å². The molecule has 1 amide bonds. The fraction of sp³-hybridized carbons (Fsp3) is 0.250. The molecule has 2 aromatic rings. The molecule has 6 nitrogen and oxygen atoms in total. The molecule has 22 heavy (non-hydrogen) atoms. The summed E-state index contributed by atoms with van der Waals surface area (Å²) in [7, 11) is 5.62. The number of hydrogen-bond donors (Lipinski definition) is 1. The van der Waals surface area contributed by atoms with Crippen molar-refractivity contribution in [2.45, 2.75) is 0 Å². The summed E-state index contributed by atoms with van der Waals surface area (Å²) in [6.07, 6.45) is 1.74. The number of benzene rings is 1. The molecule has 0 unspecified atom stereocenters. The first kappa shape index (κ1) is 15.6. The number of nitrogens with zero attached hydrogens (tertiary/aromatic N) is 2. The average molecular weight is 301 g/mol. The Morgan fingerprint density at radius 3 is 2.41 bits per heavy atom. The first-order valence-electron chi connectivity index (χ1n) is 6.83. The maximum Gasteiger partial charge on any atom is 0.355 e. The monoisotopic (exact) mass is 301 g/mol. The molecule has 1 aromatic heterocycles. The molecule has 116 valence electrons. The van der Waals surface area contributed by atoms with E-state index in [1.165, 1.54) is 0 Å². The molecule has 0 fully saturated rings. The number of aromatic nitrogens is 1. The Hall–Kier alpha value is -2.76. The number of nitrogens with one attached hydrogen (secondary N) is 1. The summed E-state index contributed by atoms with van der Waals surface area (Å²) in [6.45, 7) is -0.320. The van der Waals surface area contributed by atoms with Crippen LogP contribution in [-0.2, 0) is 16.6 Å². The molecule has 1 aromatic carbocycles. The van der Waals surface area contributed by atoms with Gasteiger partial charge < -0.3 is 19.5 Å². The minimum absolute atomic E-state index is 0.320. The van der Waals surface area contributed by atoms with Crippen LogP contribution >= 0.6 is 0 Å². The van der Waals surface area contributed by atoms with Crippen LogP contribution in [0.25, 0.3) is 0 Å². The predicted molar refractivity (Wildman–Crippen MR) is 85.1 cm³/mol. The molecule has 0 spiro atoms. The molecule has 1 N–H and O–H groups in total. The zero-order chi connectivity index (χ0) is 16.1. The highest BCUT2D eigenvalue weighted by molar-refractivity contribution is 5.95. The van der Waals surface area contributed by atoms with Gasteiger partial charge in [0, 0.05) is 38.7 Å². The highest BCUT2D eigenvalue weighted by atomic mass is 16.5. The van der Waals surface area contributed by atoms with Gasteiger partial charge in [-0.05, 0) is 36.4 Å². The number of ether oxygens (including phenoxy) is 1. The predicted octanol–water partition coefficient (Wildman–Crippen LogP) is 1.89. The van der Waals surface area contributed by atoms with Gasteiger partial charge in [-0.15, -0.1) is 0 Å². The quantitative estimate of drug-likeness (QED) is 0.857. The molecule has 0 bridgehead atoms. The van der Waals surface area contributed by atoms with Gasteiger partial charge in [-0.3, -0.25) is 4.79 Å². The van der Waals surface area contributed by atoms with Gasteiger partial charge in [-0.1, -0.05) is 0 Å². The summed E-state index contributed by atoms with van der Waals surface area (Å²) < 4.78 is 6.62. The summed E-state index contributed by atoms with van der Waals surface area (Å²) in [5.74, 6) is -0.897. The van der Waals surface area contributed by atoms with Crippen LogP contribution in [-0.4, -0.2) is 37.1 Å². The first-order chi connectivity index (χ1) is 10.5. The fourth-order valence-electron chi connectivity index (χ4n) is 1.92. The molecule has 0 radical (unpaired) electrons. The van der Waals surface area contributed by atoms with E-state index in [9.17, 15) is 9.59 Å². The third kappa shape index (κ3) is 3.88. The molecule has 0 saturated carbocycles. The van der Waals surface area contributed by atoms with E-state index in [1.54, 1.807) is 42.1 Å². The van der Waals surface area contributed by atoms with Crippen LogP contribution < -0.4 is 10.2 Å². The second-order valence-corrected chi connectivity index (χ2v) is 5.07. The molecular formula is C16H19N3O3. The van der Waals surface area contributed by atoms with Crippen molar-refractivity contribution in [1.82, 2.24) is 4.57 Å². The minimum Gasteiger partial charge on any atom is -0.451 e. The number of esters is 1. The maximum atomic E-state index is 11.8. The van der Waals surface area contributed by atoms with E-state index in [2.05, 4.69) is 5.32 Å². The Morgan fingerprint density at radius 2 is 1.86 bits per heavy atom. The van der Waals surface area contributed by atoms with Crippen molar-refractivity contribution in [3.05, 3.63) is 48.3 Å². The van der Waals surface area contributed by atoms with Gasteiger partial charge >= 0.3 is 5.97 Å². The van der Waals surface area contributed by atoms with Crippen molar-refractivity contribution in [2.75, 3.05) is 30.9 Å². The van der Waals surface area contributed by atoms with E-state index in [4.69, 9.17) is 4.74 Å². The summed E-state index contributed by atoms with van der Waals surface area (Å²) >= 11 is 0. The number of carbonyl (C=O) groups is 2. The number of carbonyl (C=O) groups excluding carboxylic acids is 2. The van der Waals surface area contributed by atoms with E-state index in [1.807, 2.05) is 31.1 Å². The van der Waals surface area contributed by atoms with Crippen LogP contribution in [0.5, 0.6) is 0 Å². The molecular weight excluding hydrogens is 282 g/mol. The van der Waals surface area contributed by atoms with E-state index < -0.39 is 5.97 Å². The van der Waals surface area contributed by atoms with Gasteiger partial charge in [0.15, 0.2) is 6.61 Å². The second-order valence-electron chi connectivity index (χ2n) is 5.07. The Bertz CT molecular complexity index is 660. The second kappa shape index (κ2) is 6.80. The lowest BCUT2D eigenvalue weighted by Crippen LogP contribution is -2.21. The Morgan fingerprint density at radius 1 is 1.18 bits per heavy atom. The summed E-state index contributed by atoms with van der Waals surface area (Å²) in [4.78, 5) is 25.5. The third-order valence-electron chi connectivity index (χ3n) is 3.15. The van der Waals surface area contributed by atoms with E-state index in [0.29, 0.717) is 11.4 Å². The maximum absolute atomic E-state index is 11.8. The van der Waals surface area contributed by atoms with Gasteiger partial charge in [0.2, 0.25) is 0 Å². The number of anilines is 2. The van der Waals surface area contributed by atoms with Crippen LogP contribution in [0.4, 0.5) is 11.4 Å². The Kier molecular flexibility index (Phi) is 4.83. The van der Waals surface area contributed by atoms with Crippen LogP contribution in [0.15, 0.2) is 42.6 Å². The lowest BCUT2D eigenvalue weighted by molar-refractivity contribution is -0.119. The normalized spacial score (nSPS) is 10.1. The first-order valence-corrected chi connectivity index (χ1v) is 6.83. The number of aryl methyl sites for hydroxylation is 1. The van der Waals surface area contributed by atoms with Crippen molar-refractivity contribution in [3.8, 4) is 0 Å². The minimum atomic E-state index is -0.523. The standard InChI is InChI=1S/C16H19N3O3/c1-18(2)13-8-6-12(7-9-13)17-15(20)11-22-16(21)14-5-4-10-19(14)3/h4-10H,11H2,1-3H3,(H,17,20). The summed E-state index contributed by atoms with van der Waals surface area (Å²) in [5.41, 5.74) is 2.10. The zero-order valence-corrected chi connectivity index (χ0v) is 12.9. The van der Waals surface area contributed by atoms with E-state index in [-0.39, 0.29) is 12.5 Å². The third-order valence-corrected chi connectivity index (χ3v) is 3.15. The van der Waals surface area contributed by atoms with Gasteiger partial charge in [-0.25, -0.2) is 4.79 Å². The van der Waals surface area contributed by atoms with Crippen molar-refractivity contribution in [1.29, 1.82) is 0 Å². The van der Waals surface area contributed by atoms with Crippen LogP contribution in [0.1, 0.15) is 10.5 Å². The Labute approximate surface area is 129 Å². The molecule has 0 atom stereocenters. The zero-order valence-electron chi connectivity index (χ0n) is 12.9. The fourth-order valence-corrected chi connectivity index (χ4v) is 1.92. The van der Waals surface area contributed by atoms with Crippen LogP contribution in [0.2, 0.25) is 0 Å². The molecule has 0 aliphatic carbocycles. The topological polar surface area (TPSA) is 63.6 Å². The van der Waals surface area contributed by atoms with Gasteiger partial charge in [0.1, 0.15) is 5.69 Å². The number of amides is 1. The largest absolute Gasteiger partial charge is 0.451 e. The van der Waals surface area contributed by atoms with Crippen molar-refractivity contribution >= 4 is 23.3 Å². The molecule has 2 rings (SSSR count). The smallest absolute Gasteiger partial charge is 0.355 e. The molecule has 1 heterocycles. The lowest BCUT2D eigenvalue weighted by Gasteiger charge is -2.13. The highest BCUT2D eigenvalue weighted by Crippen LogP contribution is 2.15. The van der Waals surface area contributed by atoms with E-state index in [0.717, 1.165) is 5.69 Å². The van der Waals surface area contributed by atoms with Crippen molar-refractivity contribution < 1.29 is 14.3 Å². The molecule has 0 aliphatic rings. The van der Waals surface area contributed by atoms with Crippen LogP contribution in [0, 0.1) is 0 Å². The SMILES string of the molecule is CN(C)c1ccc(NC(=O)COC(=O)c2cccn2C)cc1. The molecule has 0 saturated heterocycles. The summed E-state index contributed by atoms with van der Waals surface area (Å²) in [6, 6.07) is 10.8. The average Bonchev–Trinajstić information content (AvgIpc) is 2.91. The van der Waals surface area contributed by atoms with Crippen molar-refractivity contribution in [2.24, 2.45) is 7.05 Å². The molecule has 6 heteroatoms. The lowest BCUT2D eigenvalue weighted by atomic mass is 10.2. The van der Waals surface area contributed by atoms with Crippen LogP contribution in [0.3, 0.4) is 0 Å². The van der Waals surface area contributed by atoms with Crippen molar-refractivity contribution in [3.63, 3.8) is 0 Å². The van der Waals surface area contributed by atoms with E-state index >= 15 is 0 Å². The number of rotatable bonds is 5. The van der Waals surface area contributed by atoms with Gasteiger partial charge in [-0.2, -0.15) is 0 Å². The number of hydrogen-bond acceptors (Lipinski definition) is 4.